The lowest BCUT2D eigenvalue weighted by Gasteiger charge is -2.36. The number of nitrogens with two attached hydrogens (primary N) is 1. The lowest BCUT2D eigenvalue weighted by Crippen LogP contribution is -2.49. The number of nitriles is 1. The first-order valence-electron chi connectivity index (χ1n) is 11.1. The van der Waals surface area contributed by atoms with Crippen LogP contribution >= 0.6 is 11.8 Å². The van der Waals surface area contributed by atoms with Gasteiger partial charge in [0.1, 0.15) is 22.3 Å². The van der Waals surface area contributed by atoms with E-state index in [-0.39, 0.29) is 33.9 Å². The number of amides is 1. The number of thioether (sulfide) groups is 1. The summed E-state index contributed by atoms with van der Waals surface area (Å²) in [6, 6.07) is 6.06. The molecule has 1 aromatic carbocycles. The Labute approximate surface area is 204 Å². The number of nitrogens with zero attached hydrogens (tertiary/aromatic N) is 5. The van der Waals surface area contributed by atoms with Gasteiger partial charge < -0.3 is 15.4 Å². The summed E-state index contributed by atoms with van der Waals surface area (Å²) in [5, 5.41) is 9.05. The zero-order valence-electron chi connectivity index (χ0n) is 18.9. The van der Waals surface area contributed by atoms with Gasteiger partial charge in [-0.3, -0.25) is 9.79 Å². The third-order valence-corrected chi connectivity index (χ3v) is 8.01. The molecule has 2 aromatic rings. The number of benzene rings is 1. The molecule has 5 rings (SSSR count). The number of halogens is 2. The monoisotopic (exact) mass is 496 g/mol. The van der Waals surface area contributed by atoms with Crippen molar-refractivity contribution in [1.29, 1.82) is 5.26 Å². The van der Waals surface area contributed by atoms with E-state index in [1.807, 2.05) is 6.07 Å². The Kier molecular flexibility index (Phi) is 5.81. The van der Waals surface area contributed by atoms with Gasteiger partial charge in [0.15, 0.2) is 16.7 Å². The van der Waals surface area contributed by atoms with Gasteiger partial charge in [-0.05, 0) is 37.1 Å². The molecule has 0 spiro atoms. The zero-order chi connectivity index (χ0) is 24.8. The minimum absolute atomic E-state index is 0.0261. The number of amidine groups is 1. The number of carbonyl (C=O) groups is 1. The smallest absolute Gasteiger partial charge is 0.239 e. The molecule has 1 aromatic heterocycles. The third kappa shape index (κ3) is 4.06. The van der Waals surface area contributed by atoms with Crippen molar-refractivity contribution in [3.8, 4) is 6.07 Å². The summed E-state index contributed by atoms with van der Waals surface area (Å²) < 4.78 is 34.5. The summed E-state index contributed by atoms with van der Waals surface area (Å²) in [6.07, 6.45) is 4.07. The molecule has 180 valence electrons. The Morgan fingerprint density at radius 3 is 2.80 bits per heavy atom. The minimum atomic E-state index is -1.09. The van der Waals surface area contributed by atoms with Crippen molar-refractivity contribution in [3.63, 3.8) is 0 Å². The molecule has 0 bridgehead atoms. The Morgan fingerprint density at radius 2 is 2.11 bits per heavy atom. The van der Waals surface area contributed by atoms with E-state index in [2.05, 4.69) is 15.0 Å². The predicted molar refractivity (Wildman–Crippen MR) is 127 cm³/mol. The Hall–Kier alpha value is -3.36. The molecule has 35 heavy (non-hydrogen) atoms. The van der Waals surface area contributed by atoms with Crippen LogP contribution in [-0.2, 0) is 15.1 Å². The van der Waals surface area contributed by atoms with E-state index in [1.165, 1.54) is 42.2 Å². The number of carbonyl (C=O) groups excluding carboxylic acids is 1. The van der Waals surface area contributed by atoms with Gasteiger partial charge in [0.25, 0.3) is 0 Å². The lowest BCUT2D eigenvalue weighted by atomic mass is 9.84. The molecule has 1 saturated heterocycles. The number of ether oxygens (including phenoxy) is 1. The standard InChI is InChI=1S/C24H22F2N6O2S/c1-23(20-10-24(20,35-22(28)31-23)21(33)32-4-6-34-7-5-32)16-8-14(2-3-17(16)25)9-18(26)19-13-29-15(11-27)12-30-19/h2-3,8-9,12-13,20H,4-7,10H2,1H3,(H2,28,31)/b18-9-/t20-,23+,24?/m0/s1. The van der Waals surface area contributed by atoms with Gasteiger partial charge in [-0.2, -0.15) is 5.26 Å². The highest BCUT2D eigenvalue weighted by atomic mass is 32.2. The molecule has 8 nitrogen and oxygen atoms in total. The van der Waals surface area contributed by atoms with Crippen molar-refractivity contribution in [3.05, 3.63) is 58.9 Å². The van der Waals surface area contributed by atoms with E-state index in [9.17, 15) is 9.18 Å². The fourth-order valence-corrected chi connectivity index (χ4v) is 6.28. The second-order valence-electron chi connectivity index (χ2n) is 8.88. The van der Waals surface area contributed by atoms with Crippen LogP contribution in [0.4, 0.5) is 8.78 Å². The van der Waals surface area contributed by atoms with Gasteiger partial charge in [0, 0.05) is 24.6 Å². The van der Waals surface area contributed by atoms with Crippen molar-refractivity contribution in [1.82, 2.24) is 14.9 Å². The molecule has 2 fully saturated rings. The van der Waals surface area contributed by atoms with Crippen LogP contribution < -0.4 is 5.73 Å². The van der Waals surface area contributed by atoms with Crippen LogP contribution in [0.15, 0.2) is 35.6 Å². The average molecular weight is 497 g/mol. The molecule has 0 radical (unpaired) electrons. The molecule has 2 aliphatic heterocycles. The molecule has 3 atom stereocenters. The normalized spacial score (nSPS) is 28.1. The maximum absolute atomic E-state index is 15.1. The summed E-state index contributed by atoms with van der Waals surface area (Å²) in [5.41, 5.74) is 5.75. The Morgan fingerprint density at radius 1 is 1.34 bits per heavy atom. The van der Waals surface area contributed by atoms with E-state index >= 15 is 4.39 Å². The van der Waals surface area contributed by atoms with Gasteiger partial charge >= 0.3 is 0 Å². The molecular formula is C24H22F2N6O2S. The van der Waals surface area contributed by atoms with Crippen LogP contribution in [0, 0.1) is 23.1 Å². The highest BCUT2D eigenvalue weighted by molar-refractivity contribution is 8.15. The number of hydrogen-bond donors (Lipinski definition) is 1. The first-order valence-corrected chi connectivity index (χ1v) is 11.9. The topological polar surface area (TPSA) is 117 Å². The van der Waals surface area contributed by atoms with Crippen LogP contribution in [-0.4, -0.2) is 57.0 Å². The maximum atomic E-state index is 15.1. The highest BCUT2D eigenvalue weighted by Gasteiger charge is 2.71. The van der Waals surface area contributed by atoms with Crippen LogP contribution in [0.5, 0.6) is 0 Å². The fraction of sp³-hybridized carbons (Fsp3) is 0.375. The summed E-state index contributed by atoms with van der Waals surface area (Å²) in [4.78, 5) is 27.5. The van der Waals surface area contributed by atoms with Crippen molar-refractivity contribution < 1.29 is 18.3 Å². The highest BCUT2D eigenvalue weighted by Crippen LogP contribution is 2.66. The quantitative estimate of drug-likeness (QED) is 0.692. The Balaban J connectivity index is 1.47. The largest absolute Gasteiger partial charge is 0.378 e. The molecule has 2 N–H and O–H groups in total. The first-order chi connectivity index (χ1) is 16.8. The number of morpholine rings is 1. The average Bonchev–Trinajstić information content (AvgIpc) is 3.62. The predicted octanol–water partition coefficient (Wildman–Crippen LogP) is 2.85. The SMILES string of the molecule is C[C@]1(c2cc(/C=C(\F)c3cnc(C#N)cn3)ccc2F)N=C(N)SC2(C(=O)N3CCOCC3)C[C@H]21. The van der Waals surface area contributed by atoms with Gasteiger partial charge in [-0.25, -0.2) is 18.7 Å². The molecule has 3 heterocycles. The summed E-state index contributed by atoms with van der Waals surface area (Å²) in [5.74, 6) is -1.48. The second kappa shape index (κ2) is 8.70. The maximum Gasteiger partial charge on any atom is 0.239 e. The molecule has 1 unspecified atom stereocenters. The zero-order valence-corrected chi connectivity index (χ0v) is 19.7. The fourth-order valence-electron chi connectivity index (χ4n) is 4.84. The van der Waals surface area contributed by atoms with E-state index in [0.717, 1.165) is 6.20 Å². The third-order valence-electron chi connectivity index (χ3n) is 6.72. The van der Waals surface area contributed by atoms with Crippen LogP contribution in [0.3, 0.4) is 0 Å². The number of fused-ring (bicyclic) bond motifs is 1. The molecule has 3 aliphatic rings. The molecule has 1 amide bonds. The molecule has 11 heteroatoms. The van der Waals surface area contributed by atoms with Crippen molar-refractivity contribution in [2.45, 2.75) is 23.6 Å². The number of rotatable bonds is 4. The van der Waals surface area contributed by atoms with Gasteiger partial charge in [0.05, 0.1) is 31.1 Å². The molecular weight excluding hydrogens is 474 g/mol. The van der Waals surface area contributed by atoms with E-state index in [4.69, 9.17) is 15.7 Å². The number of aliphatic imine (C=N–C) groups is 1. The van der Waals surface area contributed by atoms with Crippen LogP contribution in [0.1, 0.15) is 35.9 Å². The van der Waals surface area contributed by atoms with E-state index in [0.29, 0.717) is 38.3 Å². The van der Waals surface area contributed by atoms with Gasteiger partial charge in [-0.15, -0.1) is 0 Å². The number of hydrogen-bond acceptors (Lipinski definition) is 8. The summed E-state index contributed by atoms with van der Waals surface area (Å²) in [6.45, 7) is 3.75. The van der Waals surface area contributed by atoms with Gasteiger partial charge in [-0.1, -0.05) is 17.8 Å². The first kappa shape index (κ1) is 23.4. The lowest BCUT2D eigenvalue weighted by molar-refractivity contribution is -0.135. The molecule has 1 saturated carbocycles. The van der Waals surface area contributed by atoms with Crippen LogP contribution in [0.25, 0.3) is 11.9 Å². The summed E-state index contributed by atoms with van der Waals surface area (Å²) in [7, 11) is 0. The van der Waals surface area contributed by atoms with Crippen molar-refractivity contribution in [2.75, 3.05) is 26.3 Å². The van der Waals surface area contributed by atoms with Crippen LogP contribution in [0.2, 0.25) is 0 Å². The van der Waals surface area contributed by atoms with Gasteiger partial charge in [0.2, 0.25) is 5.91 Å². The van der Waals surface area contributed by atoms with E-state index in [1.54, 1.807) is 11.8 Å². The van der Waals surface area contributed by atoms with Crippen molar-refractivity contribution >= 4 is 34.7 Å². The number of aromatic nitrogens is 2. The minimum Gasteiger partial charge on any atom is -0.378 e. The van der Waals surface area contributed by atoms with Crippen molar-refractivity contribution in [2.24, 2.45) is 16.6 Å². The Bertz CT molecular complexity index is 1290. The summed E-state index contributed by atoms with van der Waals surface area (Å²) >= 11 is 1.25. The second-order valence-corrected chi connectivity index (χ2v) is 10.2. The molecule has 1 aliphatic carbocycles. The van der Waals surface area contributed by atoms with E-state index < -0.39 is 21.9 Å².